The molecule has 0 aliphatic carbocycles. The molecule has 3 N–H and O–H groups in total. The molecular weight excluding hydrogens is 272 g/mol. The molecule has 116 valence electrons. The molecule has 1 unspecified atom stereocenters. The van der Waals surface area contributed by atoms with Gasteiger partial charge in [0.2, 0.25) is 0 Å². The molecular formula is C14H22N4O3. The Morgan fingerprint density at radius 1 is 1.43 bits per heavy atom. The molecule has 0 aliphatic heterocycles. The number of carbonyl (C=O) groups excluding carboxylic acids is 1. The highest BCUT2D eigenvalue weighted by Crippen LogP contribution is 2.27. The minimum Gasteiger partial charge on any atom is -0.338 e. The highest BCUT2D eigenvalue weighted by Gasteiger charge is 2.28. The van der Waals surface area contributed by atoms with Gasteiger partial charge in [-0.25, -0.2) is 0 Å². The van der Waals surface area contributed by atoms with E-state index in [0.29, 0.717) is 0 Å². The lowest BCUT2D eigenvalue weighted by atomic mass is 9.87. The van der Waals surface area contributed by atoms with E-state index < -0.39 is 4.92 Å². The molecule has 1 aromatic rings. The maximum absolute atomic E-state index is 12.5. The minimum atomic E-state index is -0.570. The van der Waals surface area contributed by atoms with Crippen molar-refractivity contribution in [3.05, 3.63) is 33.9 Å². The van der Waals surface area contributed by atoms with Gasteiger partial charge in [-0.3, -0.25) is 20.8 Å². The first-order chi connectivity index (χ1) is 9.59. The lowest BCUT2D eigenvalue weighted by molar-refractivity contribution is -0.384. The molecule has 7 heteroatoms. The standard InChI is InChI=1S/C14H22N4O3/c1-9(14(2,3)4)17(5)13(19)10-6-7-11(16-15)12(8-10)18(20)21/h6-9,16H,15H2,1-5H3. The van der Waals surface area contributed by atoms with Crippen LogP contribution in [0.15, 0.2) is 18.2 Å². The first-order valence-corrected chi connectivity index (χ1v) is 6.61. The maximum atomic E-state index is 12.5. The topological polar surface area (TPSA) is 102 Å². The van der Waals surface area contributed by atoms with Crippen molar-refractivity contribution in [2.45, 2.75) is 33.7 Å². The number of hydrazine groups is 1. The van der Waals surface area contributed by atoms with Crippen LogP contribution in [0.5, 0.6) is 0 Å². The normalized spacial score (nSPS) is 12.7. The molecule has 0 aromatic heterocycles. The third-order valence-electron chi connectivity index (χ3n) is 3.75. The summed E-state index contributed by atoms with van der Waals surface area (Å²) >= 11 is 0. The second-order valence-electron chi connectivity index (χ2n) is 6.09. The molecule has 21 heavy (non-hydrogen) atoms. The Balaban J connectivity index is 3.14. The van der Waals surface area contributed by atoms with E-state index in [1.54, 1.807) is 11.9 Å². The second-order valence-corrected chi connectivity index (χ2v) is 6.09. The summed E-state index contributed by atoms with van der Waals surface area (Å²) in [4.78, 5) is 24.5. The number of nitrogens with two attached hydrogens (primary N) is 1. The Hall–Kier alpha value is -2.15. The second kappa shape index (κ2) is 6.09. The SMILES string of the molecule is CC(N(C)C(=O)c1ccc(NN)c([N+](=O)[O-])c1)C(C)(C)C. The highest BCUT2D eigenvalue weighted by atomic mass is 16.6. The van der Waals surface area contributed by atoms with Gasteiger partial charge < -0.3 is 10.3 Å². The number of nitro groups is 1. The Labute approximate surface area is 124 Å². The lowest BCUT2D eigenvalue weighted by Crippen LogP contribution is -2.42. The zero-order valence-corrected chi connectivity index (χ0v) is 13.0. The third-order valence-corrected chi connectivity index (χ3v) is 3.75. The summed E-state index contributed by atoms with van der Waals surface area (Å²) in [5.74, 6) is 4.97. The van der Waals surface area contributed by atoms with Gasteiger partial charge in [0.05, 0.1) is 4.92 Å². The van der Waals surface area contributed by atoms with Crippen LogP contribution in [-0.4, -0.2) is 28.8 Å². The van der Waals surface area contributed by atoms with E-state index in [1.807, 2.05) is 27.7 Å². The zero-order chi connectivity index (χ0) is 16.4. The molecule has 0 saturated carbocycles. The van der Waals surface area contributed by atoms with Gasteiger partial charge in [0.25, 0.3) is 11.6 Å². The number of nitrogen functional groups attached to an aromatic ring is 1. The van der Waals surface area contributed by atoms with Crippen LogP contribution in [0.2, 0.25) is 0 Å². The molecule has 0 spiro atoms. The number of anilines is 1. The average molecular weight is 294 g/mol. The van der Waals surface area contributed by atoms with Crippen LogP contribution in [0.4, 0.5) is 11.4 Å². The zero-order valence-electron chi connectivity index (χ0n) is 13.0. The highest BCUT2D eigenvalue weighted by molar-refractivity contribution is 5.95. The van der Waals surface area contributed by atoms with Crippen molar-refractivity contribution in [1.29, 1.82) is 0 Å². The van der Waals surface area contributed by atoms with Crippen molar-refractivity contribution in [2.24, 2.45) is 11.3 Å². The fraction of sp³-hybridized carbons (Fsp3) is 0.500. The van der Waals surface area contributed by atoms with Gasteiger partial charge in [0.1, 0.15) is 5.69 Å². The van der Waals surface area contributed by atoms with Gasteiger partial charge in [-0.2, -0.15) is 0 Å². The Kier molecular flexibility index (Phi) is 4.90. The number of hydrogen-bond acceptors (Lipinski definition) is 5. The van der Waals surface area contributed by atoms with E-state index in [4.69, 9.17) is 5.84 Å². The van der Waals surface area contributed by atoms with E-state index in [1.165, 1.54) is 18.2 Å². The van der Waals surface area contributed by atoms with Crippen molar-refractivity contribution in [3.8, 4) is 0 Å². The van der Waals surface area contributed by atoms with E-state index in [9.17, 15) is 14.9 Å². The summed E-state index contributed by atoms with van der Waals surface area (Å²) in [6.07, 6.45) is 0. The van der Waals surface area contributed by atoms with E-state index in [2.05, 4.69) is 5.43 Å². The maximum Gasteiger partial charge on any atom is 0.294 e. The summed E-state index contributed by atoms with van der Waals surface area (Å²) < 4.78 is 0. The van der Waals surface area contributed by atoms with Crippen LogP contribution in [0.1, 0.15) is 38.1 Å². The van der Waals surface area contributed by atoms with E-state index >= 15 is 0 Å². The fourth-order valence-electron chi connectivity index (χ4n) is 1.90. The van der Waals surface area contributed by atoms with Crippen molar-refractivity contribution in [2.75, 3.05) is 12.5 Å². The van der Waals surface area contributed by atoms with Crippen molar-refractivity contribution >= 4 is 17.3 Å². The quantitative estimate of drug-likeness (QED) is 0.504. The first-order valence-electron chi connectivity index (χ1n) is 6.61. The molecule has 7 nitrogen and oxygen atoms in total. The molecule has 1 amide bonds. The number of benzene rings is 1. The third kappa shape index (κ3) is 3.69. The van der Waals surface area contributed by atoms with Crippen LogP contribution in [0.3, 0.4) is 0 Å². The van der Waals surface area contributed by atoms with Gasteiger partial charge in [-0.05, 0) is 24.5 Å². The smallest absolute Gasteiger partial charge is 0.294 e. The molecule has 0 fully saturated rings. The molecule has 0 heterocycles. The van der Waals surface area contributed by atoms with Crippen molar-refractivity contribution < 1.29 is 9.72 Å². The fourth-order valence-corrected chi connectivity index (χ4v) is 1.90. The largest absolute Gasteiger partial charge is 0.338 e. The molecule has 1 aromatic carbocycles. The average Bonchev–Trinajstić information content (AvgIpc) is 2.43. The van der Waals surface area contributed by atoms with Gasteiger partial charge in [0, 0.05) is 24.7 Å². The molecule has 1 atom stereocenters. The molecule has 0 saturated heterocycles. The summed E-state index contributed by atoms with van der Waals surface area (Å²) in [7, 11) is 1.69. The first kappa shape index (κ1) is 16.9. The minimum absolute atomic E-state index is 0.0173. The number of hydrogen-bond donors (Lipinski definition) is 2. The van der Waals surface area contributed by atoms with E-state index in [0.717, 1.165) is 0 Å². The van der Waals surface area contributed by atoms with Gasteiger partial charge in [-0.1, -0.05) is 20.8 Å². The summed E-state index contributed by atoms with van der Waals surface area (Å²) in [5, 5.41) is 11.0. The Morgan fingerprint density at radius 3 is 2.43 bits per heavy atom. The molecule has 0 bridgehead atoms. The van der Waals surface area contributed by atoms with Gasteiger partial charge in [-0.15, -0.1) is 0 Å². The summed E-state index contributed by atoms with van der Waals surface area (Å²) in [5.41, 5.74) is 2.38. The van der Waals surface area contributed by atoms with Crippen LogP contribution in [-0.2, 0) is 0 Å². The van der Waals surface area contributed by atoms with Crippen molar-refractivity contribution in [1.82, 2.24) is 4.90 Å². The van der Waals surface area contributed by atoms with Crippen LogP contribution in [0, 0.1) is 15.5 Å². The number of nitrogens with zero attached hydrogens (tertiary/aromatic N) is 2. The number of nitrogens with one attached hydrogen (secondary N) is 1. The predicted octanol–water partition coefficient (Wildman–Crippen LogP) is 2.39. The van der Waals surface area contributed by atoms with Gasteiger partial charge in [0.15, 0.2) is 0 Å². The van der Waals surface area contributed by atoms with Gasteiger partial charge >= 0.3 is 0 Å². The molecule has 1 rings (SSSR count). The van der Waals surface area contributed by atoms with Crippen molar-refractivity contribution in [3.63, 3.8) is 0 Å². The number of nitro benzene ring substituents is 1. The van der Waals surface area contributed by atoms with E-state index in [-0.39, 0.29) is 34.3 Å². The lowest BCUT2D eigenvalue weighted by Gasteiger charge is -2.35. The predicted molar refractivity (Wildman–Crippen MR) is 81.9 cm³/mol. The van der Waals surface area contributed by atoms with Crippen LogP contribution < -0.4 is 11.3 Å². The Bertz CT molecular complexity index is 552. The number of carbonyl (C=O) groups is 1. The molecule has 0 aliphatic rings. The molecule has 0 radical (unpaired) electrons. The summed E-state index contributed by atoms with van der Waals surface area (Å²) in [6.45, 7) is 8.05. The van der Waals surface area contributed by atoms with Crippen LogP contribution >= 0.6 is 0 Å². The number of amides is 1. The summed E-state index contributed by atoms with van der Waals surface area (Å²) in [6, 6.07) is 4.18. The Morgan fingerprint density at radius 2 is 2.00 bits per heavy atom. The monoisotopic (exact) mass is 294 g/mol. The number of rotatable bonds is 4. The van der Waals surface area contributed by atoms with Crippen LogP contribution in [0.25, 0.3) is 0 Å².